The molecule has 2 aromatic heterocycles. The number of carbonyl (C=O) groups excluding carboxylic acids is 1. The third-order valence-corrected chi connectivity index (χ3v) is 3.19. The minimum absolute atomic E-state index is 0.0279. The van der Waals surface area contributed by atoms with Crippen molar-refractivity contribution in [2.45, 2.75) is 6.42 Å². The molecule has 1 amide bonds. The molecule has 1 unspecified atom stereocenters. The molecule has 0 bridgehead atoms. The van der Waals surface area contributed by atoms with Crippen LogP contribution in [0.1, 0.15) is 16.2 Å². The summed E-state index contributed by atoms with van der Waals surface area (Å²) in [5.41, 5.74) is 1.14. The summed E-state index contributed by atoms with van der Waals surface area (Å²) in [6.07, 6.45) is 2.30. The first-order valence-electron chi connectivity index (χ1n) is 6.60. The van der Waals surface area contributed by atoms with Gasteiger partial charge in [0.2, 0.25) is 0 Å². The summed E-state index contributed by atoms with van der Waals surface area (Å²) in [5, 5.41) is 12.4. The molecule has 2 rings (SSSR count). The molecule has 0 spiro atoms. The molecule has 1 atom stereocenters. The zero-order chi connectivity index (χ0) is 15.1. The maximum Gasteiger partial charge on any atom is 0.269 e. The molecule has 0 radical (unpaired) electrons. The Balaban J connectivity index is 1.89. The van der Waals surface area contributed by atoms with Gasteiger partial charge in [0.1, 0.15) is 10.8 Å². The Morgan fingerprint density at radius 2 is 2.14 bits per heavy atom. The second-order valence-corrected chi connectivity index (χ2v) is 5.02. The number of aliphatic hydroxyl groups is 1. The van der Waals surface area contributed by atoms with E-state index in [0.717, 1.165) is 5.69 Å². The van der Waals surface area contributed by atoms with Crippen LogP contribution in [0.3, 0.4) is 0 Å². The van der Waals surface area contributed by atoms with Crippen LogP contribution < -0.4 is 5.32 Å². The van der Waals surface area contributed by atoms with Gasteiger partial charge in [0.25, 0.3) is 5.91 Å². The number of nitrogens with zero attached hydrogens (tertiary/aromatic N) is 2. The third-order valence-electron chi connectivity index (χ3n) is 2.98. The first kappa shape index (κ1) is 15.4. The molecule has 21 heavy (non-hydrogen) atoms. The first-order valence-corrected chi connectivity index (χ1v) is 6.98. The summed E-state index contributed by atoms with van der Waals surface area (Å²) in [5.74, 6) is -0.403. The summed E-state index contributed by atoms with van der Waals surface area (Å²) in [4.78, 5) is 20.1. The number of nitrogens with one attached hydrogen (secondary N) is 1. The summed E-state index contributed by atoms with van der Waals surface area (Å²) in [7, 11) is 0. The van der Waals surface area contributed by atoms with Crippen molar-refractivity contribution in [1.29, 1.82) is 0 Å². The molecule has 5 nitrogen and oxygen atoms in total. The lowest BCUT2D eigenvalue weighted by Gasteiger charge is -2.14. The number of carbonyl (C=O) groups is 1. The van der Waals surface area contributed by atoms with Gasteiger partial charge in [-0.1, -0.05) is 23.7 Å². The topological polar surface area (TPSA) is 75.1 Å². The maximum atomic E-state index is 11.9. The molecule has 2 N–H and O–H groups in total. The van der Waals surface area contributed by atoms with Crippen molar-refractivity contribution < 1.29 is 9.90 Å². The predicted molar refractivity (Wildman–Crippen MR) is 80.1 cm³/mol. The van der Waals surface area contributed by atoms with Crippen LogP contribution in [0.15, 0.2) is 42.6 Å². The summed E-state index contributed by atoms with van der Waals surface area (Å²) in [6, 6.07) is 10.5. The van der Waals surface area contributed by atoms with Crippen molar-refractivity contribution in [1.82, 2.24) is 15.3 Å². The molecular weight excluding hydrogens is 290 g/mol. The van der Waals surface area contributed by atoms with E-state index in [-0.39, 0.29) is 29.3 Å². The average Bonchev–Trinajstić information content (AvgIpc) is 2.52. The third kappa shape index (κ3) is 4.81. The molecule has 0 fully saturated rings. The van der Waals surface area contributed by atoms with Crippen LogP contribution in [-0.4, -0.2) is 34.1 Å². The summed E-state index contributed by atoms with van der Waals surface area (Å²) < 4.78 is 0. The van der Waals surface area contributed by atoms with E-state index in [4.69, 9.17) is 11.6 Å². The van der Waals surface area contributed by atoms with Crippen molar-refractivity contribution in [3.05, 3.63) is 59.1 Å². The number of aromatic nitrogens is 2. The average molecular weight is 306 g/mol. The first-order chi connectivity index (χ1) is 10.2. The minimum atomic E-state index is -0.308. The molecule has 0 aliphatic carbocycles. The van der Waals surface area contributed by atoms with E-state index in [1.54, 1.807) is 24.4 Å². The van der Waals surface area contributed by atoms with Crippen molar-refractivity contribution in [2.75, 3.05) is 13.2 Å². The molecule has 2 heterocycles. The van der Waals surface area contributed by atoms with Gasteiger partial charge < -0.3 is 10.4 Å². The Morgan fingerprint density at radius 3 is 2.81 bits per heavy atom. The van der Waals surface area contributed by atoms with Crippen LogP contribution in [-0.2, 0) is 6.42 Å². The van der Waals surface area contributed by atoms with Gasteiger partial charge in [-0.25, -0.2) is 4.98 Å². The van der Waals surface area contributed by atoms with Crippen LogP contribution in [0.25, 0.3) is 0 Å². The normalized spacial score (nSPS) is 11.9. The van der Waals surface area contributed by atoms with E-state index in [1.165, 1.54) is 0 Å². The Kier molecular flexibility index (Phi) is 5.66. The fourth-order valence-electron chi connectivity index (χ4n) is 1.88. The molecule has 0 aliphatic rings. The van der Waals surface area contributed by atoms with Gasteiger partial charge in [0.15, 0.2) is 0 Å². The number of pyridine rings is 2. The van der Waals surface area contributed by atoms with E-state index in [0.29, 0.717) is 13.0 Å². The summed E-state index contributed by atoms with van der Waals surface area (Å²) in [6.45, 7) is 0.319. The van der Waals surface area contributed by atoms with Crippen LogP contribution in [0.5, 0.6) is 0 Å². The maximum absolute atomic E-state index is 11.9. The van der Waals surface area contributed by atoms with E-state index in [2.05, 4.69) is 15.3 Å². The Labute approximate surface area is 128 Å². The standard InChI is InChI=1S/C15H16ClN3O2/c16-14-6-3-5-13(19-14)15(21)18-9-11(10-20)8-12-4-1-2-7-17-12/h1-7,11,20H,8-10H2,(H,18,21). The van der Waals surface area contributed by atoms with E-state index in [9.17, 15) is 9.90 Å². The molecule has 6 heteroatoms. The van der Waals surface area contributed by atoms with Gasteiger partial charge in [-0.05, 0) is 30.7 Å². The van der Waals surface area contributed by atoms with Gasteiger partial charge in [0.05, 0.1) is 0 Å². The fourth-order valence-corrected chi connectivity index (χ4v) is 2.04. The van der Waals surface area contributed by atoms with E-state index in [1.807, 2.05) is 18.2 Å². The van der Waals surface area contributed by atoms with Gasteiger partial charge in [-0.15, -0.1) is 0 Å². The smallest absolute Gasteiger partial charge is 0.269 e. The molecule has 0 aromatic carbocycles. The molecule has 0 aliphatic heterocycles. The predicted octanol–water partition coefficient (Wildman–Crippen LogP) is 1.71. The van der Waals surface area contributed by atoms with Crippen LogP contribution in [0.4, 0.5) is 0 Å². The van der Waals surface area contributed by atoms with Gasteiger partial charge in [-0.2, -0.15) is 0 Å². The monoisotopic (exact) mass is 305 g/mol. The number of rotatable bonds is 6. The van der Waals surface area contributed by atoms with Crippen molar-refractivity contribution in [2.24, 2.45) is 5.92 Å². The largest absolute Gasteiger partial charge is 0.396 e. The Bertz CT molecular complexity index is 592. The number of halogens is 1. The van der Waals surface area contributed by atoms with E-state index >= 15 is 0 Å². The van der Waals surface area contributed by atoms with Crippen LogP contribution >= 0.6 is 11.6 Å². The minimum Gasteiger partial charge on any atom is -0.396 e. The number of aliphatic hydroxyl groups excluding tert-OH is 1. The Hall–Kier alpha value is -1.98. The summed E-state index contributed by atoms with van der Waals surface area (Å²) >= 11 is 5.75. The van der Waals surface area contributed by atoms with Crippen LogP contribution in [0.2, 0.25) is 5.15 Å². The molecule has 110 valence electrons. The number of hydrogen-bond donors (Lipinski definition) is 2. The lowest BCUT2D eigenvalue weighted by Crippen LogP contribution is -2.32. The highest BCUT2D eigenvalue weighted by molar-refractivity contribution is 6.29. The second-order valence-electron chi connectivity index (χ2n) is 4.63. The lowest BCUT2D eigenvalue weighted by atomic mass is 10.0. The number of amides is 1. The number of hydrogen-bond acceptors (Lipinski definition) is 4. The SMILES string of the molecule is O=C(NCC(CO)Cc1ccccn1)c1cccc(Cl)n1. The molecule has 0 saturated heterocycles. The van der Waals surface area contributed by atoms with Crippen molar-refractivity contribution >= 4 is 17.5 Å². The van der Waals surface area contributed by atoms with E-state index < -0.39 is 0 Å². The molecular formula is C15H16ClN3O2. The van der Waals surface area contributed by atoms with Gasteiger partial charge >= 0.3 is 0 Å². The van der Waals surface area contributed by atoms with Gasteiger partial charge in [0, 0.05) is 31.0 Å². The second kappa shape index (κ2) is 7.71. The highest BCUT2D eigenvalue weighted by Crippen LogP contribution is 2.07. The van der Waals surface area contributed by atoms with Crippen molar-refractivity contribution in [3.8, 4) is 0 Å². The zero-order valence-electron chi connectivity index (χ0n) is 11.4. The highest BCUT2D eigenvalue weighted by atomic mass is 35.5. The van der Waals surface area contributed by atoms with Crippen LogP contribution in [0, 0.1) is 5.92 Å². The quantitative estimate of drug-likeness (QED) is 0.797. The fraction of sp³-hybridized carbons (Fsp3) is 0.267. The molecule has 2 aromatic rings. The van der Waals surface area contributed by atoms with Gasteiger partial charge in [-0.3, -0.25) is 9.78 Å². The molecule has 0 saturated carbocycles. The zero-order valence-corrected chi connectivity index (χ0v) is 12.1. The lowest BCUT2D eigenvalue weighted by molar-refractivity contribution is 0.0935. The van der Waals surface area contributed by atoms with Crippen molar-refractivity contribution in [3.63, 3.8) is 0 Å². The Morgan fingerprint density at radius 1 is 1.29 bits per heavy atom. The highest BCUT2D eigenvalue weighted by Gasteiger charge is 2.13.